The quantitative estimate of drug-likeness (QED) is 0.900. The molecule has 0 saturated carbocycles. The van der Waals surface area contributed by atoms with Crippen molar-refractivity contribution in [1.29, 1.82) is 0 Å². The molecule has 1 aromatic carbocycles. The minimum absolute atomic E-state index is 0.00526. The smallest absolute Gasteiger partial charge is 0.254 e. The van der Waals surface area contributed by atoms with Crippen LogP contribution in [0.3, 0.4) is 0 Å². The van der Waals surface area contributed by atoms with Crippen LogP contribution in [0.5, 0.6) is 0 Å². The molecule has 0 bridgehead atoms. The number of rotatable bonds is 3. The van der Waals surface area contributed by atoms with Crippen molar-refractivity contribution in [2.24, 2.45) is 0 Å². The number of amides is 2. The van der Waals surface area contributed by atoms with Gasteiger partial charge in [-0.2, -0.15) is 0 Å². The van der Waals surface area contributed by atoms with Gasteiger partial charge in [-0.3, -0.25) is 14.6 Å². The normalized spacial score (nSPS) is 14.9. The molecule has 7 heteroatoms. The van der Waals surface area contributed by atoms with E-state index in [1.54, 1.807) is 24.1 Å². The van der Waals surface area contributed by atoms with E-state index in [2.05, 4.69) is 10.3 Å². The number of carbonyl (C=O) groups excluding carboxylic acids is 2. The van der Waals surface area contributed by atoms with E-state index in [0.29, 0.717) is 31.5 Å². The summed E-state index contributed by atoms with van der Waals surface area (Å²) >= 11 is 0. The van der Waals surface area contributed by atoms with Crippen molar-refractivity contribution in [3.8, 4) is 0 Å². The van der Waals surface area contributed by atoms with Gasteiger partial charge in [0, 0.05) is 43.4 Å². The number of pyridine rings is 1. The van der Waals surface area contributed by atoms with Crippen molar-refractivity contribution in [2.75, 3.05) is 20.1 Å². The monoisotopic (exact) mass is 373 g/mol. The van der Waals surface area contributed by atoms with Crippen LogP contribution >= 0.6 is 0 Å². The van der Waals surface area contributed by atoms with Crippen molar-refractivity contribution in [3.05, 3.63) is 64.5 Å². The number of nitrogens with zero attached hydrogens (tertiary/aromatic N) is 2. The van der Waals surface area contributed by atoms with E-state index < -0.39 is 17.5 Å². The molecule has 2 heterocycles. The molecule has 0 atom stereocenters. The molecule has 1 aliphatic rings. The van der Waals surface area contributed by atoms with Crippen LogP contribution < -0.4 is 5.32 Å². The second-order valence-electron chi connectivity index (χ2n) is 6.69. The molecule has 0 aliphatic carbocycles. The van der Waals surface area contributed by atoms with Crippen molar-refractivity contribution in [1.82, 2.24) is 15.2 Å². The lowest BCUT2D eigenvalue weighted by molar-refractivity contribution is 0.0709. The summed E-state index contributed by atoms with van der Waals surface area (Å²) in [6.07, 6.45) is 1.26. The topological polar surface area (TPSA) is 62.3 Å². The van der Waals surface area contributed by atoms with E-state index in [1.807, 2.05) is 6.92 Å². The summed E-state index contributed by atoms with van der Waals surface area (Å²) in [7, 11) is 1.57. The van der Waals surface area contributed by atoms with Crippen LogP contribution in [0.2, 0.25) is 0 Å². The summed E-state index contributed by atoms with van der Waals surface area (Å²) in [5.41, 5.74) is 2.11. The average molecular weight is 373 g/mol. The molecule has 3 rings (SSSR count). The third-order valence-electron chi connectivity index (χ3n) is 4.81. The van der Waals surface area contributed by atoms with Gasteiger partial charge in [-0.05, 0) is 44.0 Å². The number of aromatic nitrogens is 1. The molecule has 0 spiro atoms. The number of likely N-dealkylation sites (tertiary alicyclic amines) is 1. The van der Waals surface area contributed by atoms with Gasteiger partial charge >= 0.3 is 0 Å². The van der Waals surface area contributed by atoms with Crippen LogP contribution in [-0.2, 0) is 0 Å². The second-order valence-corrected chi connectivity index (χ2v) is 6.69. The second kappa shape index (κ2) is 7.82. The predicted molar refractivity (Wildman–Crippen MR) is 96.6 cm³/mol. The predicted octanol–water partition coefficient (Wildman–Crippen LogP) is 3.05. The Morgan fingerprint density at radius 1 is 1.11 bits per heavy atom. The van der Waals surface area contributed by atoms with Gasteiger partial charge in [0.15, 0.2) is 0 Å². The lowest BCUT2D eigenvalue weighted by Crippen LogP contribution is -2.38. The maximum atomic E-state index is 13.4. The lowest BCUT2D eigenvalue weighted by Gasteiger charge is -2.32. The third-order valence-corrected chi connectivity index (χ3v) is 4.81. The van der Waals surface area contributed by atoms with Crippen LogP contribution in [0.15, 0.2) is 30.3 Å². The number of nitrogens with one attached hydrogen (secondary N) is 1. The Balaban J connectivity index is 1.75. The summed E-state index contributed by atoms with van der Waals surface area (Å²) in [6, 6.07) is 6.40. The highest BCUT2D eigenvalue weighted by atomic mass is 19.1. The maximum Gasteiger partial charge on any atom is 0.254 e. The fourth-order valence-electron chi connectivity index (χ4n) is 3.43. The Kier molecular flexibility index (Phi) is 5.48. The summed E-state index contributed by atoms with van der Waals surface area (Å²) in [5.74, 6) is -2.08. The van der Waals surface area contributed by atoms with Gasteiger partial charge < -0.3 is 10.2 Å². The summed E-state index contributed by atoms with van der Waals surface area (Å²) < 4.78 is 26.7. The molecule has 142 valence electrons. The van der Waals surface area contributed by atoms with Crippen LogP contribution in [-0.4, -0.2) is 41.8 Å². The molecule has 2 amide bonds. The SMILES string of the molecule is CNC(=O)c1ccc(C)nc1C1CCN(C(=O)c2cc(F)cc(F)c2)CC1. The highest BCUT2D eigenvalue weighted by molar-refractivity contribution is 5.95. The largest absolute Gasteiger partial charge is 0.355 e. The molecule has 0 unspecified atom stereocenters. The Hall–Kier alpha value is -2.83. The first-order valence-corrected chi connectivity index (χ1v) is 8.84. The van der Waals surface area contributed by atoms with E-state index in [9.17, 15) is 18.4 Å². The van der Waals surface area contributed by atoms with Crippen LogP contribution in [0.1, 0.15) is 50.9 Å². The van der Waals surface area contributed by atoms with Crippen LogP contribution in [0.4, 0.5) is 8.78 Å². The zero-order valence-corrected chi connectivity index (χ0v) is 15.3. The van der Waals surface area contributed by atoms with Gasteiger partial charge in [-0.15, -0.1) is 0 Å². The van der Waals surface area contributed by atoms with Gasteiger partial charge in [0.2, 0.25) is 0 Å². The average Bonchev–Trinajstić information content (AvgIpc) is 2.66. The Labute approximate surface area is 156 Å². The van der Waals surface area contributed by atoms with Gasteiger partial charge in [-0.25, -0.2) is 8.78 Å². The molecule has 1 aliphatic heterocycles. The first-order chi connectivity index (χ1) is 12.9. The van der Waals surface area contributed by atoms with Crippen LogP contribution in [0, 0.1) is 18.6 Å². The standard InChI is InChI=1S/C20H21F2N3O2/c1-12-3-4-17(19(26)23-2)18(24-12)13-5-7-25(8-6-13)20(27)14-9-15(21)11-16(22)10-14/h3-4,9-11,13H,5-8H2,1-2H3,(H,23,26). The van der Waals surface area contributed by atoms with Crippen molar-refractivity contribution in [2.45, 2.75) is 25.7 Å². The fourth-order valence-corrected chi connectivity index (χ4v) is 3.43. The molecule has 0 radical (unpaired) electrons. The van der Waals surface area contributed by atoms with E-state index in [4.69, 9.17) is 0 Å². The van der Waals surface area contributed by atoms with Crippen molar-refractivity contribution >= 4 is 11.8 Å². The van der Waals surface area contributed by atoms with E-state index >= 15 is 0 Å². The van der Waals surface area contributed by atoms with Crippen LogP contribution in [0.25, 0.3) is 0 Å². The van der Waals surface area contributed by atoms with Gasteiger partial charge in [0.1, 0.15) is 11.6 Å². The van der Waals surface area contributed by atoms with Crippen molar-refractivity contribution < 1.29 is 18.4 Å². The number of hydrogen-bond donors (Lipinski definition) is 1. The van der Waals surface area contributed by atoms with E-state index in [-0.39, 0.29) is 17.4 Å². The molecule has 1 N–H and O–H groups in total. The zero-order chi connectivity index (χ0) is 19.6. The highest BCUT2D eigenvalue weighted by Gasteiger charge is 2.28. The zero-order valence-electron chi connectivity index (χ0n) is 15.3. The maximum absolute atomic E-state index is 13.4. The summed E-state index contributed by atoms with van der Waals surface area (Å²) in [4.78, 5) is 30.8. The lowest BCUT2D eigenvalue weighted by atomic mass is 9.89. The van der Waals surface area contributed by atoms with Gasteiger partial charge in [0.25, 0.3) is 11.8 Å². The Morgan fingerprint density at radius 3 is 2.33 bits per heavy atom. The minimum Gasteiger partial charge on any atom is -0.355 e. The minimum atomic E-state index is -0.771. The molecule has 27 heavy (non-hydrogen) atoms. The molecule has 1 aromatic heterocycles. The number of hydrogen-bond acceptors (Lipinski definition) is 3. The number of benzene rings is 1. The first-order valence-electron chi connectivity index (χ1n) is 8.84. The van der Waals surface area contributed by atoms with Gasteiger partial charge in [-0.1, -0.05) is 0 Å². The number of piperidine rings is 1. The number of aryl methyl sites for hydroxylation is 1. The third kappa shape index (κ3) is 4.13. The molecular formula is C20H21F2N3O2. The Morgan fingerprint density at radius 2 is 1.74 bits per heavy atom. The molecule has 1 fully saturated rings. The number of carbonyl (C=O) groups is 2. The summed E-state index contributed by atoms with van der Waals surface area (Å²) in [5, 5.41) is 2.62. The molecule has 1 saturated heterocycles. The van der Waals surface area contributed by atoms with Gasteiger partial charge in [0.05, 0.1) is 11.3 Å². The molecule has 5 nitrogen and oxygen atoms in total. The number of halogens is 2. The highest BCUT2D eigenvalue weighted by Crippen LogP contribution is 2.30. The Bertz CT molecular complexity index is 857. The van der Waals surface area contributed by atoms with E-state index in [1.165, 1.54) is 0 Å². The van der Waals surface area contributed by atoms with Crippen molar-refractivity contribution in [3.63, 3.8) is 0 Å². The first kappa shape index (κ1) is 18.9. The molecular weight excluding hydrogens is 352 g/mol. The summed E-state index contributed by atoms with van der Waals surface area (Å²) in [6.45, 7) is 2.74. The van der Waals surface area contributed by atoms with E-state index in [0.717, 1.165) is 29.6 Å². The fraction of sp³-hybridized carbons (Fsp3) is 0.350. The molecule has 2 aromatic rings.